The average Bonchev–Trinajstić information content (AvgIpc) is 2.40. The van der Waals surface area contributed by atoms with Crippen molar-refractivity contribution < 1.29 is 8.42 Å². The molecule has 1 aliphatic heterocycles. The summed E-state index contributed by atoms with van der Waals surface area (Å²) in [6.45, 7) is 0. The van der Waals surface area contributed by atoms with E-state index in [1.54, 1.807) is 30.0 Å². The summed E-state index contributed by atoms with van der Waals surface area (Å²) in [5.74, 6) is 0.690. The van der Waals surface area contributed by atoms with Crippen molar-refractivity contribution in [2.75, 3.05) is 17.7 Å². The van der Waals surface area contributed by atoms with Crippen LogP contribution < -0.4 is 5.73 Å². The first-order valence-electron chi connectivity index (χ1n) is 4.40. The summed E-state index contributed by atoms with van der Waals surface area (Å²) in [5, 5.41) is 1.32. The van der Waals surface area contributed by atoms with Crippen molar-refractivity contribution in [2.24, 2.45) is 0 Å². The number of nitrogens with two attached hydrogens (primary N) is 1. The van der Waals surface area contributed by atoms with Gasteiger partial charge >= 0.3 is 0 Å². The van der Waals surface area contributed by atoms with Crippen molar-refractivity contribution >= 4 is 32.9 Å². The Hall–Kier alpha value is -0.940. The summed E-state index contributed by atoms with van der Waals surface area (Å²) in [4.78, 5) is 0.272. The van der Waals surface area contributed by atoms with E-state index in [2.05, 4.69) is 0 Å². The smallest absolute Gasteiger partial charge is 0.202 e. The lowest BCUT2D eigenvalue weighted by Gasteiger charge is -2.04. The molecule has 1 aliphatic rings. The first kappa shape index (κ1) is 10.6. The van der Waals surface area contributed by atoms with E-state index < -0.39 is 9.84 Å². The molecule has 1 aromatic carbocycles. The molecule has 0 atom stereocenters. The molecule has 3 nitrogen and oxygen atoms in total. The van der Waals surface area contributed by atoms with Gasteiger partial charge < -0.3 is 5.73 Å². The van der Waals surface area contributed by atoms with Crippen LogP contribution in [0.1, 0.15) is 5.56 Å². The molecule has 0 aromatic heterocycles. The van der Waals surface area contributed by atoms with Gasteiger partial charge in [-0.05, 0) is 17.9 Å². The van der Waals surface area contributed by atoms with E-state index in [-0.39, 0.29) is 4.90 Å². The number of hydrogen-bond donors (Lipinski definition) is 1. The van der Waals surface area contributed by atoms with Crippen LogP contribution in [-0.4, -0.2) is 20.4 Å². The minimum Gasteiger partial charge on any atom is -0.398 e. The molecule has 2 N–H and O–H groups in total. The third-order valence-corrected chi connectivity index (χ3v) is 4.49. The van der Waals surface area contributed by atoms with Crippen LogP contribution in [0.2, 0.25) is 0 Å². The number of sulfone groups is 1. The van der Waals surface area contributed by atoms with Crippen LogP contribution in [0, 0.1) is 0 Å². The molecule has 0 unspecified atom stereocenters. The number of nitrogen functional groups attached to an aromatic ring is 1. The van der Waals surface area contributed by atoms with E-state index in [1.807, 2.05) is 6.26 Å². The predicted octanol–water partition coefficient (Wildman–Crippen LogP) is 1.76. The molecule has 0 spiro atoms. The average molecular weight is 241 g/mol. The second kappa shape index (κ2) is 3.57. The minimum atomic E-state index is -3.31. The molecule has 1 heterocycles. The molecule has 80 valence electrons. The largest absolute Gasteiger partial charge is 0.398 e. The standard InChI is InChI=1S/C10H11NO2S2/c1-14-5-7-6-15(12,13)10-8(7)3-2-4-9(10)11/h2-4,6H,5,11H2,1H3. The number of thioether (sulfide) groups is 1. The Morgan fingerprint density at radius 1 is 1.40 bits per heavy atom. The van der Waals surface area contributed by atoms with Gasteiger partial charge in [0.1, 0.15) is 4.90 Å². The van der Waals surface area contributed by atoms with E-state index in [0.29, 0.717) is 11.4 Å². The Labute approximate surface area is 93.3 Å². The normalized spacial score (nSPS) is 17.3. The van der Waals surface area contributed by atoms with Gasteiger partial charge in [-0.1, -0.05) is 12.1 Å². The van der Waals surface area contributed by atoms with Crippen LogP contribution in [0.25, 0.3) is 5.57 Å². The van der Waals surface area contributed by atoms with Crippen LogP contribution in [0.4, 0.5) is 5.69 Å². The lowest BCUT2D eigenvalue weighted by atomic mass is 10.1. The highest BCUT2D eigenvalue weighted by atomic mass is 32.2. The first-order chi connectivity index (χ1) is 7.06. The quantitative estimate of drug-likeness (QED) is 0.801. The lowest BCUT2D eigenvalue weighted by Crippen LogP contribution is -1.99. The Bertz CT molecular complexity index is 532. The van der Waals surface area contributed by atoms with Crippen molar-refractivity contribution in [1.82, 2.24) is 0 Å². The molecule has 0 aliphatic carbocycles. The van der Waals surface area contributed by atoms with Crippen LogP contribution in [0.3, 0.4) is 0 Å². The van der Waals surface area contributed by atoms with E-state index in [1.165, 1.54) is 5.41 Å². The zero-order valence-corrected chi connectivity index (χ0v) is 9.86. The van der Waals surface area contributed by atoms with Gasteiger partial charge in [-0.15, -0.1) is 0 Å². The van der Waals surface area contributed by atoms with Gasteiger partial charge in [0.2, 0.25) is 9.84 Å². The molecule has 15 heavy (non-hydrogen) atoms. The summed E-state index contributed by atoms with van der Waals surface area (Å²) in [7, 11) is -3.31. The zero-order valence-electron chi connectivity index (χ0n) is 8.23. The highest BCUT2D eigenvalue weighted by Crippen LogP contribution is 2.37. The van der Waals surface area contributed by atoms with Gasteiger partial charge in [-0.25, -0.2) is 8.42 Å². The van der Waals surface area contributed by atoms with Gasteiger partial charge in [-0.2, -0.15) is 11.8 Å². The number of benzene rings is 1. The lowest BCUT2D eigenvalue weighted by molar-refractivity contribution is 0.606. The molecule has 0 fully saturated rings. The summed E-state index contributed by atoms with van der Waals surface area (Å²) in [5.41, 5.74) is 7.61. The first-order valence-corrected chi connectivity index (χ1v) is 7.34. The monoisotopic (exact) mass is 241 g/mol. The molecule has 0 amide bonds. The molecule has 0 saturated heterocycles. The summed E-state index contributed by atoms with van der Waals surface area (Å²) in [6.07, 6.45) is 1.94. The Morgan fingerprint density at radius 2 is 2.13 bits per heavy atom. The predicted molar refractivity (Wildman–Crippen MR) is 64.4 cm³/mol. The second-order valence-corrected chi connectivity index (χ2v) is 5.95. The van der Waals surface area contributed by atoms with Crippen molar-refractivity contribution in [2.45, 2.75) is 4.90 Å². The van der Waals surface area contributed by atoms with Crippen molar-refractivity contribution in [3.05, 3.63) is 29.2 Å². The van der Waals surface area contributed by atoms with Gasteiger partial charge in [0.15, 0.2) is 0 Å². The maximum atomic E-state index is 11.8. The molecule has 0 bridgehead atoms. The topological polar surface area (TPSA) is 60.2 Å². The Morgan fingerprint density at radius 3 is 2.80 bits per heavy atom. The van der Waals surface area contributed by atoms with Crippen LogP contribution >= 0.6 is 11.8 Å². The molecular formula is C10H11NO2S2. The molecule has 5 heteroatoms. The number of rotatable bonds is 2. The van der Waals surface area contributed by atoms with Gasteiger partial charge in [0, 0.05) is 16.7 Å². The van der Waals surface area contributed by atoms with Crippen molar-refractivity contribution in [3.8, 4) is 0 Å². The van der Waals surface area contributed by atoms with Crippen LogP contribution in [0.5, 0.6) is 0 Å². The Kier molecular flexibility index (Phi) is 2.52. The van der Waals surface area contributed by atoms with E-state index in [4.69, 9.17) is 5.73 Å². The van der Waals surface area contributed by atoms with E-state index in [0.717, 1.165) is 11.1 Å². The molecule has 2 rings (SSSR count). The number of hydrogen-bond acceptors (Lipinski definition) is 4. The fraction of sp³-hybridized carbons (Fsp3) is 0.200. The molecular weight excluding hydrogens is 230 g/mol. The third-order valence-electron chi connectivity index (χ3n) is 2.27. The van der Waals surface area contributed by atoms with Gasteiger partial charge in [0.25, 0.3) is 0 Å². The minimum absolute atomic E-state index is 0.272. The summed E-state index contributed by atoms with van der Waals surface area (Å²) < 4.78 is 23.6. The van der Waals surface area contributed by atoms with Gasteiger partial charge in [-0.3, -0.25) is 0 Å². The highest BCUT2D eigenvalue weighted by molar-refractivity contribution is 7.99. The van der Waals surface area contributed by atoms with Crippen LogP contribution in [-0.2, 0) is 9.84 Å². The highest BCUT2D eigenvalue weighted by Gasteiger charge is 2.28. The van der Waals surface area contributed by atoms with Crippen LogP contribution in [0.15, 0.2) is 28.5 Å². The number of anilines is 1. The maximum Gasteiger partial charge on any atom is 0.202 e. The SMILES string of the molecule is CSCC1=CS(=O)(=O)c2c(N)cccc21. The summed E-state index contributed by atoms with van der Waals surface area (Å²) in [6, 6.07) is 5.20. The third kappa shape index (κ3) is 1.66. The fourth-order valence-electron chi connectivity index (χ4n) is 1.70. The molecule has 1 aromatic rings. The Balaban J connectivity index is 2.68. The summed E-state index contributed by atoms with van der Waals surface area (Å²) >= 11 is 1.60. The fourth-order valence-corrected chi connectivity index (χ4v) is 3.96. The van der Waals surface area contributed by atoms with Crippen molar-refractivity contribution in [3.63, 3.8) is 0 Å². The molecule has 0 saturated carbocycles. The second-order valence-electron chi connectivity index (χ2n) is 3.35. The number of fused-ring (bicyclic) bond motifs is 1. The van der Waals surface area contributed by atoms with Gasteiger partial charge in [0.05, 0.1) is 5.69 Å². The van der Waals surface area contributed by atoms with E-state index in [9.17, 15) is 8.42 Å². The maximum absolute atomic E-state index is 11.8. The van der Waals surface area contributed by atoms with Crippen molar-refractivity contribution in [1.29, 1.82) is 0 Å². The molecule has 0 radical (unpaired) electrons. The zero-order chi connectivity index (χ0) is 11.1. The van der Waals surface area contributed by atoms with E-state index >= 15 is 0 Å².